The van der Waals surface area contributed by atoms with Crippen molar-refractivity contribution in [2.75, 3.05) is 51.2 Å². The van der Waals surface area contributed by atoms with Gasteiger partial charge in [0, 0.05) is 45.5 Å². The standard InChI is InChI=1S/C16H25N5O/c1-13-4-3-7-21(12-13)16-17-6-5-14(18-16)15(22)20-10-8-19(2)9-11-20/h5-6,13H,3-4,7-12H2,1-2H3. The average molecular weight is 303 g/mol. The number of aromatic nitrogens is 2. The van der Waals surface area contributed by atoms with Gasteiger partial charge in [0.2, 0.25) is 5.95 Å². The van der Waals surface area contributed by atoms with Crippen molar-refractivity contribution in [3.05, 3.63) is 18.0 Å². The molecular weight excluding hydrogens is 278 g/mol. The molecule has 1 aromatic heterocycles. The number of nitrogens with zero attached hydrogens (tertiary/aromatic N) is 5. The molecule has 3 rings (SSSR count). The van der Waals surface area contributed by atoms with Crippen LogP contribution in [-0.4, -0.2) is 72.0 Å². The van der Waals surface area contributed by atoms with E-state index in [0.717, 1.165) is 39.3 Å². The van der Waals surface area contributed by atoms with Gasteiger partial charge in [-0.1, -0.05) is 6.92 Å². The highest BCUT2D eigenvalue weighted by molar-refractivity contribution is 5.92. The van der Waals surface area contributed by atoms with Crippen LogP contribution in [0.5, 0.6) is 0 Å². The van der Waals surface area contributed by atoms with Crippen LogP contribution in [0.15, 0.2) is 12.3 Å². The van der Waals surface area contributed by atoms with E-state index in [1.54, 1.807) is 12.3 Å². The molecule has 1 amide bonds. The topological polar surface area (TPSA) is 52.6 Å². The van der Waals surface area contributed by atoms with Crippen LogP contribution in [0, 0.1) is 5.92 Å². The zero-order chi connectivity index (χ0) is 15.5. The van der Waals surface area contributed by atoms with Crippen molar-refractivity contribution in [3.63, 3.8) is 0 Å². The van der Waals surface area contributed by atoms with Crippen LogP contribution in [-0.2, 0) is 0 Å². The summed E-state index contributed by atoms with van der Waals surface area (Å²) in [6.45, 7) is 7.61. The summed E-state index contributed by atoms with van der Waals surface area (Å²) in [6, 6.07) is 1.73. The first-order valence-corrected chi connectivity index (χ1v) is 8.19. The highest BCUT2D eigenvalue weighted by atomic mass is 16.2. The lowest BCUT2D eigenvalue weighted by molar-refractivity contribution is 0.0658. The minimum Gasteiger partial charge on any atom is -0.341 e. The normalized spacial score (nSPS) is 23.6. The Hall–Kier alpha value is -1.69. The summed E-state index contributed by atoms with van der Waals surface area (Å²) in [4.78, 5) is 27.8. The van der Waals surface area contributed by atoms with Crippen molar-refractivity contribution in [1.82, 2.24) is 19.8 Å². The summed E-state index contributed by atoms with van der Waals surface area (Å²) in [5.41, 5.74) is 0.521. The Morgan fingerprint density at radius 3 is 2.73 bits per heavy atom. The molecule has 22 heavy (non-hydrogen) atoms. The number of hydrogen-bond donors (Lipinski definition) is 0. The molecule has 6 nitrogen and oxygen atoms in total. The summed E-state index contributed by atoms with van der Waals surface area (Å²) in [7, 11) is 2.09. The highest BCUT2D eigenvalue weighted by Gasteiger charge is 2.23. The summed E-state index contributed by atoms with van der Waals surface area (Å²) < 4.78 is 0. The van der Waals surface area contributed by atoms with Gasteiger partial charge in [-0.05, 0) is 31.9 Å². The molecule has 1 unspecified atom stereocenters. The van der Waals surface area contributed by atoms with E-state index in [0.29, 0.717) is 17.6 Å². The summed E-state index contributed by atoms with van der Waals surface area (Å²) in [5, 5.41) is 0. The SMILES string of the molecule is CC1CCCN(c2nccc(C(=O)N3CCN(C)CC3)n2)C1. The van der Waals surface area contributed by atoms with Crippen LogP contribution in [0.4, 0.5) is 5.95 Å². The lowest BCUT2D eigenvalue weighted by atomic mass is 10.0. The van der Waals surface area contributed by atoms with Crippen molar-refractivity contribution < 1.29 is 4.79 Å². The van der Waals surface area contributed by atoms with E-state index in [-0.39, 0.29) is 5.91 Å². The van der Waals surface area contributed by atoms with Crippen molar-refractivity contribution >= 4 is 11.9 Å². The quantitative estimate of drug-likeness (QED) is 0.819. The van der Waals surface area contributed by atoms with Crippen molar-refractivity contribution in [1.29, 1.82) is 0 Å². The van der Waals surface area contributed by atoms with Gasteiger partial charge in [-0.25, -0.2) is 9.97 Å². The maximum atomic E-state index is 12.6. The molecule has 1 aromatic rings. The largest absolute Gasteiger partial charge is 0.341 e. The van der Waals surface area contributed by atoms with Crippen molar-refractivity contribution in [2.24, 2.45) is 5.92 Å². The van der Waals surface area contributed by atoms with Gasteiger partial charge in [-0.3, -0.25) is 4.79 Å². The summed E-state index contributed by atoms with van der Waals surface area (Å²) in [5.74, 6) is 1.39. The molecule has 3 heterocycles. The Labute approximate surface area is 132 Å². The van der Waals surface area contributed by atoms with E-state index in [2.05, 4.69) is 33.7 Å². The first-order valence-electron chi connectivity index (χ1n) is 8.19. The summed E-state index contributed by atoms with van der Waals surface area (Å²) >= 11 is 0. The second-order valence-electron chi connectivity index (χ2n) is 6.53. The van der Waals surface area contributed by atoms with Gasteiger partial charge >= 0.3 is 0 Å². The molecule has 0 aliphatic carbocycles. The maximum Gasteiger partial charge on any atom is 0.272 e. The third-order valence-electron chi connectivity index (χ3n) is 4.59. The van der Waals surface area contributed by atoms with Crippen LogP contribution in [0.3, 0.4) is 0 Å². The van der Waals surface area contributed by atoms with Gasteiger partial charge in [0.25, 0.3) is 5.91 Å². The molecule has 0 N–H and O–H groups in total. The van der Waals surface area contributed by atoms with Crippen LogP contribution < -0.4 is 4.90 Å². The zero-order valence-electron chi connectivity index (χ0n) is 13.5. The van der Waals surface area contributed by atoms with E-state index in [1.807, 2.05) is 4.90 Å². The molecule has 2 fully saturated rings. The lowest BCUT2D eigenvalue weighted by Crippen LogP contribution is -2.47. The number of piperidine rings is 1. The van der Waals surface area contributed by atoms with Gasteiger partial charge in [0.15, 0.2) is 0 Å². The number of carbonyl (C=O) groups excluding carboxylic acids is 1. The molecule has 6 heteroatoms. The second-order valence-corrected chi connectivity index (χ2v) is 6.53. The molecule has 0 spiro atoms. The Morgan fingerprint density at radius 1 is 1.23 bits per heavy atom. The zero-order valence-corrected chi connectivity index (χ0v) is 13.5. The molecule has 2 saturated heterocycles. The maximum absolute atomic E-state index is 12.6. The highest BCUT2D eigenvalue weighted by Crippen LogP contribution is 2.20. The minimum atomic E-state index is 0.0295. The molecule has 2 aliphatic rings. The number of likely N-dealkylation sites (N-methyl/N-ethyl adjacent to an activating group) is 1. The van der Waals surface area contributed by atoms with Gasteiger partial charge in [-0.15, -0.1) is 0 Å². The monoisotopic (exact) mass is 303 g/mol. The Morgan fingerprint density at radius 2 is 2.00 bits per heavy atom. The van der Waals surface area contributed by atoms with Crippen molar-refractivity contribution in [3.8, 4) is 0 Å². The number of piperazine rings is 1. The van der Waals surface area contributed by atoms with E-state index < -0.39 is 0 Å². The van der Waals surface area contributed by atoms with Crippen LogP contribution in [0.25, 0.3) is 0 Å². The molecule has 0 radical (unpaired) electrons. The molecule has 2 aliphatic heterocycles. The molecule has 120 valence electrons. The number of hydrogen-bond acceptors (Lipinski definition) is 5. The smallest absolute Gasteiger partial charge is 0.272 e. The van der Waals surface area contributed by atoms with E-state index in [9.17, 15) is 4.79 Å². The predicted octanol–water partition coefficient (Wildman–Crippen LogP) is 1.10. The van der Waals surface area contributed by atoms with E-state index in [1.165, 1.54) is 12.8 Å². The molecule has 0 bridgehead atoms. The van der Waals surface area contributed by atoms with Crippen LogP contribution in [0.1, 0.15) is 30.3 Å². The average Bonchev–Trinajstić information content (AvgIpc) is 2.55. The third-order valence-corrected chi connectivity index (χ3v) is 4.59. The fraction of sp³-hybridized carbons (Fsp3) is 0.688. The number of carbonyl (C=O) groups is 1. The lowest BCUT2D eigenvalue weighted by Gasteiger charge is -2.33. The van der Waals surface area contributed by atoms with Gasteiger partial charge in [0.05, 0.1) is 0 Å². The number of rotatable bonds is 2. The number of amides is 1. The Kier molecular flexibility index (Phi) is 4.57. The first kappa shape index (κ1) is 15.2. The third kappa shape index (κ3) is 3.38. The van der Waals surface area contributed by atoms with Gasteiger partial charge in [0.1, 0.15) is 5.69 Å². The molecule has 1 atom stereocenters. The predicted molar refractivity (Wildman–Crippen MR) is 86.0 cm³/mol. The van der Waals surface area contributed by atoms with Crippen molar-refractivity contribution in [2.45, 2.75) is 19.8 Å². The number of anilines is 1. The fourth-order valence-electron chi connectivity index (χ4n) is 3.16. The summed E-state index contributed by atoms with van der Waals surface area (Å²) in [6.07, 6.45) is 4.14. The van der Waals surface area contributed by atoms with Crippen LogP contribution in [0.2, 0.25) is 0 Å². The van der Waals surface area contributed by atoms with Crippen LogP contribution >= 0.6 is 0 Å². The molecule has 0 saturated carbocycles. The second kappa shape index (κ2) is 6.60. The molecule has 0 aromatic carbocycles. The molecular formula is C16H25N5O. The fourth-order valence-corrected chi connectivity index (χ4v) is 3.16. The minimum absolute atomic E-state index is 0.0295. The Bertz CT molecular complexity index is 527. The van der Waals surface area contributed by atoms with Gasteiger partial charge in [-0.2, -0.15) is 0 Å². The van der Waals surface area contributed by atoms with E-state index >= 15 is 0 Å². The van der Waals surface area contributed by atoms with Gasteiger partial charge < -0.3 is 14.7 Å². The first-order chi connectivity index (χ1) is 10.6. The van der Waals surface area contributed by atoms with E-state index in [4.69, 9.17) is 0 Å². The Balaban J connectivity index is 1.71.